The van der Waals surface area contributed by atoms with Gasteiger partial charge < -0.3 is 20.4 Å². The largest absolute Gasteiger partial charge is 0.356 e. The fourth-order valence-corrected chi connectivity index (χ4v) is 3.69. The first-order valence-electron chi connectivity index (χ1n) is 9.94. The van der Waals surface area contributed by atoms with Crippen molar-refractivity contribution in [2.45, 2.75) is 52.5 Å². The van der Waals surface area contributed by atoms with Crippen molar-refractivity contribution in [2.75, 3.05) is 39.8 Å². The minimum absolute atomic E-state index is 0. The van der Waals surface area contributed by atoms with Crippen molar-refractivity contribution in [3.05, 3.63) is 0 Å². The summed E-state index contributed by atoms with van der Waals surface area (Å²) in [4.78, 5) is 32.5. The fraction of sp³-hybridized carbons (Fsp3) is 0.842. The van der Waals surface area contributed by atoms with E-state index in [4.69, 9.17) is 0 Å². The van der Waals surface area contributed by atoms with Gasteiger partial charge in [-0.1, -0.05) is 20.8 Å². The monoisotopic (exact) mass is 493 g/mol. The Bertz CT molecular complexity index is 526. The van der Waals surface area contributed by atoms with Crippen LogP contribution >= 0.6 is 24.0 Å². The van der Waals surface area contributed by atoms with E-state index in [9.17, 15) is 9.59 Å². The van der Waals surface area contributed by atoms with Gasteiger partial charge in [0.15, 0.2) is 5.96 Å². The van der Waals surface area contributed by atoms with Crippen LogP contribution in [0.2, 0.25) is 0 Å². The molecule has 2 aliphatic heterocycles. The van der Waals surface area contributed by atoms with Crippen molar-refractivity contribution in [3.63, 3.8) is 0 Å². The predicted molar refractivity (Wildman–Crippen MR) is 119 cm³/mol. The highest BCUT2D eigenvalue weighted by Gasteiger charge is 2.28. The number of aliphatic imine (C=N–C) groups is 1. The van der Waals surface area contributed by atoms with Crippen molar-refractivity contribution < 1.29 is 9.59 Å². The SMILES string of the molecule is CN=C(NCCC(=O)N1CCCC(C)C1)NC1CCN(C(=O)C(C)C)C1.I. The minimum Gasteiger partial charge on any atom is -0.356 e. The molecule has 2 fully saturated rings. The van der Waals surface area contributed by atoms with E-state index in [2.05, 4.69) is 22.5 Å². The lowest BCUT2D eigenvalue weighted by molar-refractivity contribution is -0.133. The van der Waals surface area contributed by atoms with E-state index in [1.165, 1.54) is 6.42 Å². The normalized spacial score (nSPS) is 23.2. The molecule has 0 bridgehead atoms. The Morgan fingerprint density at radius 3 is 2.52 bits per heavy atom. The molecule has 2 heterocycles. The van der Waals surface area contributed by atoms with Crippen molar-refractivity contribution in [3.8, 4) is 0 Å². The van der Waals surface area contributed by atoms with Crippen LogP contribution in [0.15, 0.2) is 4.99 Å². The molecule has 0 radical (unpaired) electrons. The molecule has 0 saturated carbocycles. The summed E-state index contributed by atoms with van der Waals surface area (Å²) in [6.07, 6.45) is 3.73. The Kier molecular flexibility index (Phi) is 10.4. The smallest absolute Gasteiger partial charge is 0.225 e. The lowest BCUT2D eigenvalue weighted by Crippen LogP contribution is -2.46. The molecule has 2 amide bonds. The number of hydrogen-bond acceptors (Lipinski definition) is 3. The third-order valence-corrected chi connectivity index (χ3v) is 5.20. The van der Waals surface area contributed by atoms with E-state index in [0.717, 1.165) is 32.5 Å². The summed E-state index contributed by atoms with van der Waals surface area (Å²) in [6, 6.07) is 0.211. The number of halogens is 1. The van der Waals surface area contributed by atoms with Crippen LogP contribution in [0.4, 0.5) is 0 Å². The minimum atomic E-state index is 0. The number of piperidine rings is 1. The summed E-state index contributed by atoms with van der Waals surface area (Å²) in [5.74, 6) is 1.77. The molecule has 2 aliphatic rings. The van der Waals surface area contributed by atoms with Gasteiger partial charge in [-0.3, -0.25) is 14.6 Å². The van der Waals surface area contributed by atoms with Crippen molar-refractivity contribution in [1.29, 1.82) is 0 Å². The van der Waals surface area contributed by atoms with Gasteiger partial charge in [-0.05, 0) is 25.2 Å². The first-order chi connectivity index (χ1) is 12.4. The van der Waals surface area contributed by atoms with Crippen LogP contribution in [0.1, 0.15) is 46.5 Å². The van der Waals surface area contributed by atoms with Crippen LogP contribution in [0.5, 0.6) is 0 Å². The van der Waals surface area contributed by atoms with E-state index in [1.54, 1.807) is 7.05 Å². The molecule has 2 N–H and O–H groups in total. The van der Waals surface area contributed by atoms with Crippen LogP contribution in [-0.2, 0) is 9.59 Å². The van der Waals surface area contributed by atoms with E-state index in [0.29, 0.717) is 31.4 Å². The summed E-state index contributed by atoms with van der Waals surface area (Å²) in [7, 11) is 1.73. The zero-order valence-corrected chi connectivity index (χ0v) is 19.5. The predicted octanol–water partition coefficient (Wildman–Crippen LogP) is 1.67. The molecule has 0 aromatic heterocycles. The van der Waals surface area contributed by atoms with E-state index in [1.807, 2.05) is 23.6 Å². The summed E-state index contributed by atoms with van der Waals surface area (Å²) < 4.78 is 0. The van der Waals surface area contributed by atoms with Crippen LogP contribution in [0.25, 0.3) is 0 Å². The molecule has 0 aromatic carbocycles. The van der Waals surface area contributed by atoms with Gasteiger partial charge in [0, 0.05) is 58.2 Å². The van der Waals surface area contributed by atoms with Crippen LogP contribution in [0, 0.1) is 11.8 Å². The molecule has 2 atom stereocenters. The van der Waals surface area contributed by atoms with Crippen LogP contribution in [0.3, 0.4) is 0 Å². The Morgan fingerprint density at radius 2 is 1.89 bits per heavy atom. The van der Waals surface area contributed by atoms with Gasteiger partial charge in [0.05, 0.1) is 0 Å². The molecule has 2 unspecified atom stereocenters. The summed E-state index contributed by atoms with van der Waals surface area (Å²) in [5, 5.41) is 6.60. The molecular weight excluding hydrogens is 457 g/mol. The summed E-state index contributed by atoms with van der Waals surface area (Å²) in [6.45, 7) is 9.92. The quantitative estimate of drug-likeness (QED) is 0.347. The maximum atomic E-state index is 12.3. The van der Waals surface area contributed by atoms with Crippen molar-refractivity contribution in [1.82, 2.24) is 20.4 Å². The van der Waals surface area contributed by atoms with Gasteiger partial charge in [-0.25, -0.2) is 0 Å². The molecule has 27 heavy (non-hydrogen) atoms. The molecule has 156 valence electrons. The fourth-order valence-electron chi connectivity index (χ4n) is 3.69. The number of hydrogen-bond donors (Lipinski definition) is 2. The zero-order valence-electron chi connectivity index (χ0n) is 17.2. The van der Waals surface area contributed by atoms with Crippen molar-refractivity contribution in [2.24, 2.45) is 16.8 Å². The van der Waals surface area contributed by atoms with Gasteiger partial charge in [-0.15, -0.1) is 24.0 Å². The zero-order chi connectivity index (χ0) is 19.1. The highest BCUT2D eigenvalue weighted by Crippen LogP contribution is 2.16. The van der Waals surface area contributed by atoms with Gasteiger partial charge in [-0.2, -0.15) is 0 Å². The number of rotatable bonds is 5. The third kappa shape index (κ3) is 7.46. The molecule has 2 rings (SSSR count). The molecule has 0 spiro atoms. The van der Waals surface area contributed by atoms with Crippen LogP contribution in [-0.4, -0.2) is 73.4 Å². The molecular formula is C19H36IN5O2. The number of likely N-dealkylation sites (tertiary alicyclic amines) is 2. The Labute approximate surface area is 180 Å². The van der Waals surface area contributed by atoms with E-state index in [-0.39, 0.29) is 47.8 Å². The second-order valence-electron chi connectivity index (χ2n) is 7.91. The standard InChI is InChI=1S/C19H35N5O2.HI/c1-14(2)18(26)24-11-8-16(13-24)22-19(20-4)21-9-7-17(25)23-10-5-6-15(3)12-23;/h14-16H,5-13H2,1-4H3,(H2,20,21,22);1H. The molecule has 0 aromatic rings. The number of carbonyl (C=O) groups excluding carboxylic acids is 2. The number of guanidine groups is 1. The topological polar surface area (TPSA) is 77.0 Å². The molecule has 2 saturated heterocycles. The first kappa shape index (κ1) is 24.0. The second-order valence-corrected chi connectivity index (χ2v) is 7.91. The summed E-state index contributed by atoms with van der Waals surface area (Å²) in [5.41, 5.74) is 0. The number of amides is 2. The third-order valence-electron chi connectivity index (χ3n) is 5.20. The molecule has 8 heteroatoms. The molecule has 7 nitrogen and oxygen atoms in total. The van der Waals surface area contributed by atoms with Gasteiger partial charge in [0.1, 0.15) is 0 Å². The highest BCUT2D eigenvalue weighted by atomic mass is 127. The average molecular weight is 493 g/mol. The van der Waals surface area contributed by atoms with Gasteiger partial charge in [0.2, 0.25) is 11.8 Å². The maximum Gasteiger partial charge on any atom is 0.225 e. The lowest BCUT2D eigenvalue weighted by Gasteiger charge is -2.31. The summed E-state index contributed by atoms with van der Waals surface area (Å²) >= 11 is 0. The molecule has 0 aliphatic carbocycles. The number of nitrogens with zero attached hydrogens (tertiary/aromatic N) is 3. The van der Waals surface area contributed by atoms with Gasteiger partial charge in [0.25, 0.3) is 0 Å². The van der Waals surface area contributed by atoms with Gasteiger partial charge >= 0.3 is 0 Å². The van der Waals surface area contributed by atoms with E-state index < -0.39 is 0 Å². The Morgan fingerprint density at radius 1 is 1.15 bits per heavy atom. The average Bonchev–Trinajstić information content (AvgIpc) is 3.08. The van der Waals surface area contributed by atoms with Crippen molar-refractivity contribution >= 4 is 41.8 Å². The number of nitrogens with one attached hydrogen (secondary N) is 2. The first-order valence-corrected chi connectivity index (χ1v) is 9.94. The van der Waals surface area contributed by atoms with Crippen LogP contribution < -0.4 is 10.6 Å². The highest BCUT2D eigenvalue weighted by molar-refractivity contribution is 14.0. The maximum absolute atomic E-state index is 12.3. The second kappa shape index (κ2) is 11.7. The number of carbonyl (C=O) groups is 2. The Balaban J connectivity index is 0.00000364. The lowest BCUT2D eigenvalue weighted by atomic mass is 10.00. The van der Waals surface area contributed by atoms with E-state index >= 15 is 0 Å². The Hall–Kier alpha value is -1.06.